The molecule has 0 aliphatic carbocycles. The molecule has 1 aromatic heterocycles. The van der Waals surface area contributed by atoms with Crippen LogP contribution in [0, 0.1) is 0 Å². The summed E-state index contributed by atoms with van der Waals surface area (Å²) in [7, 11) is 0. The summed E-state index contributed by atoms with van der Waals surface area (Å²) in [4.78, 5) is 14.2. The van der Waals surface area contributed by atoms with Crippen LogP contribution < -0.4 is 10.6 Å². The number of fused-ring (bicyclic) bond motifs is 5. The zero-order chi connectivity index (χ0) is 16.4. The van der Waals surface area contributed by atoms with Crippen molar-refractivity contribution < 1.29 is 4.79 Å². The average Bonchev–Trinajstić information content (AvgIpc) is 3.16. The molecule has 0 atom stereocenters. The van der Waals surface area contributed by atoms with Crippen LogP contribution in [0.15, 0.2) is 40.9 Å². The van der Waals surface area contributed by atoms with Gasteiger partial charge < -0.3 is 10.6 Å². The van der Waals surface area contributed by atoms with Gasteiger partial charge in [-0.2, -0.15) is 0 Å². The van der Waals surface area contributed by atoms with E-state index in [1.807, 2.05) is 30.3 Å². The van der Waals surface area contributed by atoms with Gasteiger partial charge in [0, 0.05) is 16.6 Å². The third-order valence-corrected chi connectivity index (χ3v) is 5.08. The summed E-state index contributed by atoms with van der Waals surface area (Å²) in [6, 6.07) is 12.2. The number of primary amides is 1. The maximum atomic E-state index is 11.9. The van der Waals surface area contributed by atoms with E-state index in [0.717, 1.165) is 40.1 Å². The summed E-state index contributed by atoms with van der Waals surface area (Å²) in [6.07, 6.45) is 0.982. The van der Waals surface area contributed by atoms with E-state index in [9.17, 15) is 4.79 Å². The van der Waals surface area contributed by atoms with Crippen LogP contribution in [-0.4, -0.2) is 27.2 Å². The summed E-state index contributed by atoms with van der Waals surface area (Å²) in [6.45, 7) is 0.894. The number of carbonyl (C=O) groups is 1. The molecule has 3 aromatic rings. The van der Waals surface area contributed by atoms with Crippen molar-refractivity contribution in [3.63, 3.8) is 0 Å². The number of nitrogens with two attached hydrogens (primary N) is 1. The SMILES string of the molecule is NC(=O)c1nnc2n1-c1cc(Br)ccc1N1CCc3cccc-2c31. The van der Waals surface area contributed by atoms with E-state index < -0.39 is 5.91 Å². The second-order valence-electron chi connectivity index (χ2n) is 5.89. The Morgan fingerprint density at radius 2 is 2.04 bits per heavy atom. The van der Waals surface area contributed by atoms with Crippen molar-refractivity contribution in [1.82, 2.24) is 14.8 Å². The van der Waals surface area contributed by atoms with Crippen LogP contribution in [0.5, 0.6) is 0 Å². The first-order chi connectivity index (χ1) is 11.6. The van der Waals surface area contributed by atoms with Gasteiger partial charge in [0.15, 0.2) is 5.82 Å². The molecular weight excluding hydrogens is 370 g/mol. The number of aromatic nitrogens is 3. The van der Waals surface area contributed by atoms with Crippen molar-refractivity contribution in [3.8, 4) is 17.1 Å². The zero-order valence-electron chi connectivity index (χ0n) is 12.5. The minimum Gasteiger partial charge on any atom is -0.363 e. The Kier molecular flexibility index (Phi) is 2.67. The Balaban J connectivity index is 1.97. The molecule has 0 saturated heterocycles. The Hall–Kier alpha value is -2.67. The van der Waals surface area contributed by atoms with Crippen LogP contribution in [-0.2, 0) is 6.42 Å². The van der Waals surface area contributed by atoms with E-state index in [4.69, 9.17) is 5.73 Å². The number of amides is 1. The van der Waals surface area contributed by atoms with E-state index in [0.29, 0.717) is 5.82 Å². The quantitative estimate of drug-likeness (QED) is 0.702. The number of hydrogen-bond donors (Lipinski definition) is 1. The van der Waals surface area contributed by atoms with Gasteiger partial charge in [-0.05, 0) is 36.2 Å². The van der Waals surface area contributed by atoms with Crippen LogP contribution in [0.1, 0.15) is 16.2 Å². The van der Waals surface area contributed by atoms with Gasteiger partial charge in [0.1, 0.15) is 0 Å². The van der Waals surface area contributed by atoms with Gasteiger partial charge in [-0.1, -0.05) is 28.1 Å². The normalized spacial score (nSPS) is 14.0. The predicted molar refractivity (Wildman–Crippen MR) is 93.7 cm³/mol. The molecule has 0 saturated carbocycles. The molecule has 24 heavy (non-hydrogen) atoms. The molecule has 0 radical (unpaired) electrons. The molecule has 5 rings (SSSR count). The van der Waals surface area contributed by atoms with E-state index >= 15 is 0 Å². The fourth-order valence-electron chi connectivity index (χ4n) is 3.63. The maximum Gasteiger partial charge on any atom is 0.287 e. The highest BCUT2D eigenvalue weighted by atomic mass is 79.9. The largest absolute Gasteiger partial charge is 0.363 e. The summed E-state index contributed by atoms with van der Waals surface area (Å²) < 4.78 is 2.68. The molecule has 0 unspecified atom stereocenters. The molecular formula is C17H12BrN5O. The van der Waals surface area contributed by atoms with Crippen LogP contribution in [0.2, 0.25) is 0 Å². The molecule has 0 bridgehead atoms. The third-order valence-electron chi connectivity index (χ3n) is 4.59. The Morgan fingerprint density at radius 3 is 2.88 bits per heavy atom. The van der Waals surface area contributed by atoms with Crippen molar-refractivity contribution in [3.05, 3.63) is 52.3 Å². The predicted octanol–water partition coefficient (Wildman–Crippen LogP) is 2.80. The van der Waals surface area contributed by atoms with E-state index in [-0.39, 0.29) is 5.82 Å². The molecule has 2 aliphatic rings. The molecule has 1 amide bonds. The fraction of sp³-hybridized carbons (Fsp3) is 0.118. The van der Waals surface area contributed by atoms with E-state index in [1.165, 1.54) is 5.56 Å². The molecule has 6 nitrogen and oxygen atoms in total. The minimum absolute atomic E-state index is 0.142. The lowest BCUT2D eigenvalue weighted by Crippen LogP contribution is -2.19. The molecule has 118 valence electrons. The number of carbonyl (C=O) groups excluding carboxylic acids is 1. The smallest absolute Gasteiger partial charge is 0.287 e. The first kappa shape index (κ1) is 13.7. The first-order valence-electron chi connectivity index (χ1n) is 7.60. The van der Waals surface area contributed by atoms with Crippen LogP contribution in [0.3, 0.4) is 0 Å². The van der Waals surface area contributed by atoms with Gasteiger partial charge in [-0.3, -0.25) is 9.36 Å². The number of hydrogen-bond acceptors (Lipinski definition) is 4. The summed E-state index contributed by atoms with van der Waals surface area (Å²) in [5, 5.41) is 8.33. The van der Waals surface area contributed by atoms with Gasteiger partial charge in [0.25, 0.3) is 5.91 Å². The van der Waals surface area contributed by atoms with Crippen molar-refractivity contribution in [1.29, 1.82) is 0 Å². The van der Waals surface area contributed by atoms with Crippen LogP contribution in [0.4, 0.5) is 11.4 Å². The Morgan fingerprint density at radius 1 is 1.17 bits per heavy atom. The van der Waals surface area contributed by atoms with Crippen molar-refractivity contribution >= 4 is 33.2 Å². The lowest BCUT2D eigenvalue weighted by atomic mass is 10.1. The lowest BCUT2D eigenvalue weighted by molar-refractivity contribution is 0.0988. The second kappa shape index (κ2) is 4.67. The third kappa shape index (κ3) is 1.67. The van der Waals surface area contributed by atoms with E-state index in [2.05, 4.69) is 37.1 Å². The number of halogens is 1. The molecule has 2 aliphatic heterocycles. The zero-order valence-corrected chi connectivity index (χ0v) is 14.1. The monoisotopic (exact) mass is 381 g/mol. The van der Waals surface area contributed by atoms with Gasteiger partial charge >= 0.3 is 0 Å². The maximum absolute atomic E-state index is 11.9. The van der Waals surface area contributed by atoms with Gasteiger partial charge in [-0.15, -0.1) is 10.2 Å². The molecule has 7 heteroatoms. The molecule has 3 heterocycles. The van der Waals surface area contributed by atoms with Crippen molar-refractivity contribution in [2.45, 2.75) is 6.42 Å². The number of para-hydroxylation sites is 1. The summed E-state index contributed by atoms with van der Waals surface area (Å²) >= 11 is 3.52. The minimum atomic E-state index is -0.595. The van der Waals surface area contributed by atoms with Gasteiger partial charge in [-0.25, -0.2) is 0 Å². The first-order valence-corrected chi connectivity index (χ1v) is 8.39. The highest BCUT2D eigenvalue weighted by Gasteiger charge is 2.33. The highest BCUT2D eigenvalue weighted by Crippen LogP contribution is 2.47. The summed E-state index contributed by atoms with van der Waals surface area (Å²) in [5.41, 5.74) is 10.8. The topological polar surface area (TPSA) is 77.0 Å². The van der Waals surface area contributed by atoms with Gasteiger partial charge in [0.05, 0.1) is 17.1 Å². The highest BCUT2D eigenvalue weighted by molar-refractivity contribution is 9.10. The number of anilines is 2. The second-order valence-corrected chi connectivity index (χ2v) is 6.81. The Bertz CT molecular complexity index is 1030. The van der Waals surface area contributed by atoms with Crippen LogP contribution >= 0.6 is 15.9 Å². The van der Waals surface area contributed by atoms with Crippen LogP contribution in [0.25, 0.3) is 17.1 Å². The Labute approximate surface area is 146 Å². The van der Waals surface area contributed by atoms with Gasteiger partial charge in [0.2, 0.25) is 5.82 Å². The molecule has 2 N–H and O–H groups in total. The van der Waals surface area contributed by atoms with E-state index in [1.54, 1.807) is 4.57 Å². The fourth-order valence-corrected chi connectivity index (χ4v) is 3.98. The number of rotatable bonds is 1. The van der Waals surface area contributed by atoms with Crippen molar-refractivity contribution in [2.24, 2.45) is 5.73 Å². The molecule has 0 spiro atoms. The molecule has 2 aromatic carbocycles. The number of nitrogens with zero attached hydrogens (tertiary/aromatic N) is 4. The number of benzene rings is 2. The standard InChI is InChI=1S/C17H12BrN5O/c18-10-4-5-12-13(8-10)23-16(20-21-17(23)15(19)24)11-3-1-2-9-6-7-22(12)14(9)11/h1-5,8H,6-7H2,(H2,19,24). The average molecular weight is 382 g/mol. The van der Waals surface area contributed by atoms with Crippen molar-refractivity contribution in [2.75, 3.05) is 11.4 Å². The summed E-state index contributed by atoms with van der Waals surface area (Å²) in [5.74, 6) is 0.190. The lowest BCUT2D eigenvalue weighted by Gasteiger charge is -2.21. The molecule has 0 fully saturated rings.